The van der Waals surface area contributed by atoms with Gasteiger partial charge in [0.1, 0.15) is 5.82 Å². The highest BCUT2D eigenvalue weighted by atomic mass is 32.2. The molecule has 2 N–H and O–H groups in total. The van der Waals surface area contributed by atoms with Crippen LogP contribution in [-0.2, 0) is 4.74 Å². The monoisotopic (exact) mass is 297 g/mol. The lowest BCUT2D eigenvalue weighted by Gasteiger charge is -2.11. The lowest BCUT2D eigenvalue weighted by Crippen LogP contribution is -2.09. The Balaban J connectivity index is 2.10. The Labute approximate surface area is 123 Å². The van der Waals surface area contributed by atoms with Crippen LogP contribution in [0.1, 0.15) is 43.0 Å². The van der Waals surface area contributed by atoms with E-state index in [1.54, 1.807) is 6.92 Å². The molecular weight excluding hydrogens is 277 g/mol. The first-order valence-electron chi connectivity index (χ1n) is 7.00. The fraction of sp³-hybridized carbons (Fsp3) is 0.533. The molecule has 110 valence electrons. The molecule has 1 aliphatic carbocycles. The van der Waals surface area contributed by atoms with E-state index in [0.29, 0.717) is 10.8 Å². The van der Waals surface area contributed by atoms with E-state index in [1.807, 2.05) is 0 Å². The molecule has 0 atom stereocenters. The van der Waals surface area contributed by atoms with Crippen LogP contribution in [0.5, 0.6) is 0 Å². The predicted molar refractivity (Wildman–Crippen MR) is 79.5 cm³/mol. The van der Waals surface area contributed by atoms with Crippen LogP contribution in [0.2, 0.25) is 0 Å². The molecule has 1 aromatic carbocycles. The molecule has 1 aliphatic rings. The highest BCUT2D eigenvalue weighted by Crippen LogP contribution is 2.33. The van der Waals surface area contributed by atoms with E-state index < -0.39 is 5.97 Å². The smallest absolute Gasteiger partial charge is 0.340 e. The first-order valence-corrected chi connectivity index (χ1v) is 7.99. The van der Waals surface area contributed by atoms with Gasteiger partial charge in [0.25, 0.3) is 0 Å². The molecule has 5 heteroatoms. The standard InChI is InChI=1S/C15H20FNO2S/c1-2-19-15(18)11-7-14(12(16)8-13(11)17)20-9-10-5-3-4-6-10/h7-8,10H,2-6,9,17H2,1H3. The number of nitrogens with two attached hydrogens (primary N) is 1. The zero-order valence-corrected chi connectivity index (χ0v) is 12.5. The van der Waals surface area contributed by atoms with Crippen LogP contribution in [0.3, 0.4) is 0 Å². The molecule has 2 rings (SSSR count). The van der Waals surface area contributed by atoms with Crippen LogP contribution >= 0.6 is 11.8 Å². The normalized spacial score (nSPS) is 15.5. The van der Waals surface area contributed by atoms with Crippen LogP contribution in [0, 0.1) is 11.7 Å². The molecule has 20 heavy (non-hydrogen) atoms. The van der Waals surface area contributed by atoms with E-state index in [2.05, 4.69) is 0 Å². The van der Waals surface area contributed by atoms with Gasteiger partial charge in [0.2, 0.25) is 0 Å². The maximum Gasteiger partial charge on any atom is 0.340 e. The number of hydrogen-bond donors (Lipinski definition) is 1. The average molecular weight is 297 g/mol. The van der Waals surface area contributed by atoms with E-state index in [4.69, 9.17) is 10.5 Å². The fourth-order valence-corrected chi connectivity index (χ4v) is 3.60. The summed E-state index contributed by atoms with van der Waals surface area (Å²) in [5.74, 6) is 0.692. The van der Waals surface area contributed by atoms with Gasteiger partial charge in [-0.05, 0) is 37.8 Å². The summed E-state index contributed by atoms with van der Waals surface area (Å²) in [6, 6.07) is 2.73. The van der Waals surface area contributed by atoms with Crippen LogP contribution < -0.4 is 5.73 Å². The summed E-state index contributed by atoms with van der Waals surface area (Å²) in [5.41, 5.74) is 6.07. The molecule has 1 saturated carbocycles. The largest absolute Gasteiger partial charge is 0.462 e. The zero-order chi connectivity index (χ0) is 14.5. The molecule has 3 nitrogen and oxygen atoms in total. The van der Waals surface area contributed by atoms with Gasteiger partial charge in [-0.2, -0.15) is 0 Å². The van der Waals surface area contributed by atoms with Gasteiger partial charge in [-0.3, -0.25) is 0 Å². The van der Waals surface area contributed by atoms with Gasteiger partial charge >= 0.3 is 5.97 Å². The zero-order valence-electron chi connectivity index (χ0n) is 11.7. The fourth-order valence-electron chi connectivity index (χ4n) is 2.45. The molecule has 0 heterocycles. The first kappa shape index (κ1) is 15.2. The van der Waals surface area contributed by atoms with Gasteiger partial charge in [-0.1, -0.05) is 12.8 Å². The summed E-state index contributed by atoms with van der Waals surface area (Å²) in [4.78, 5) is 12.2. The number of hydrogen-bond acceptors (Lipinski definition) is 4. The van der Waals surface area contributed by atoms with Crippen molar-refractivity contribution >= 4 is 23.4 Å². The van der Waals surface area contributed by atoms with E-state index in [9.17, 15) is 9.18 Å². The number of esters is 1. The highest BCUT2D eigenvalue weighted by molar-refractivity contribution is 7.99. The van der Waals surface area contributed by atoms with Crippen molar-refractivity contribution in [3.8, 4) is 0 Å². The van der Waals surface area contributed by atoms with E-state index >= 15 is 0 Å². The summed E-state index contributed by atoms with van der Waals surface area (Å²) in [6.45, 7) is 2.01. The molecule has 0 amide bonds. The number of nitrogen functional groups attached to an aromatic ring is 1. The summed E-state index contributed by atoms with van der Waals surface area (Å²) in [7, 11) is 0. The molecule has 1 aromatic rings. The Morgan fingerprint density at radius 2 is 2.15 bits per heavy atom. The molecule has 0 saturated heterocycles. The molecule has 1 fully saturated rings. The lowest BCUT2D eigenvalue weighted by atomic mass is 10.1. The number of benzene rings is 1. The van der Waals surface area contributed by atoms with Gasteiger partial charge in [-0.15, -0.1) is 11.8 Å². The highest BCUT2D eigenvalue weighted by Gasteiger charge is 2.19. The quantitative estimate of drug-likeness (QED) is 0.509. The second kappa shape index (κ2) is 6.97. The van der Waals surface area contributed by atoms with E-state index in [1.165, 1.54) is 49.6 Å². The number of rotatable bonds is 5. The van der Waals surface area contributed by atoms with Gasteiger partial charge in [0.05, 0.1) is 12.2 Å². The SMILES string of the molecule is CCOC(=O)c1cc(SCC2CCCC2)c(F)cc1N. The van der Waals surface area contributed by atoms with Gasteiger partial charge in [0.15, 0.2) is 0 Å². The minimum atomic E-state index is -0.493. The predicted octanol–water partition coefficient (Wildman–Crippen LogP) is 3.87. The maximum atomic E-state index is 13.9. The molecule has 0 aromatic heterocycles. The molecule has 0 spiro atoms. The summed E-state index contributed by atoms with van der Waals surface area (Å²) >= 11 is 1.46. The van der Waals surface area contributed by atoms with Crippen LogP contribution in [0.15, 0.2) is 17.0 Å². The van der Waals surface area contributed by atoms with Gasteiger partial charge in [0, 0.05) is 16.3 Å². The third-order valence-corrected chi connectivity index (χ3v) is 4.81. The van der Waals surface area contributed by atoms with Crippen LogP contribution in [-0.4, -0.2) is 18.3 Å². The number of ether oxygens (including phenoxy) is 1. The second-order valence-corrected chi connectivity index (χ2v) is 6.11. The minimum Gasteiger partial charge on any atom is -0.462 e. The van der Waals surface area contributed by atoms with Crippen molar-refractivity contribution < 1.29 is 13.9 Å². The Morgan fingerprint density at radius 1 is 1.45 bits per heavy atom. The molecular formula is C15H20FNO2S. The summed E-state index contributed by atoms with van der Waals surface area (Å²) in [6.07, 6.45) is 4.97. The Bertz CT molecular complexity index is 487. The van der Waals surface area contributed by atoms with Crippen molar-refractivity contribution in [2.45, 2.75) is 37.5 Å². The average Bonchev–Trinajstić information content (AvgIpc) is 2.91. The molecule has 0 bridgehead atoms. The van der Waals surface area contributed by atoms with Gasteiger partial charge in [-0.25, -0.2) is 9.18 Å². The number of carbonyl (C=O) groups excluding carboxylic acids is 1. The third-order valence-electron chi connectivity index (χ3n) is 3.55. The third kappa shape index (κ3) is 3.66. The van der Waals surface area contributed by atoms with Crippen molar-refractivity contribution in [2.24, 2.45) is 5.92 Å². The number of carbonyl (C=O) groups is 1. The van der Waals surface area contributed by atoms with Crippen LogP contribution in [0.25, 0.3) is 0 Å². The number of halogens is 1. The maximum absolute atomic E-state index is 13.9. The lowest BCUT2D eigenvalue weighted by molar-refractivity contribution is 0.0527. The molecule has 0 radical (unpaired) electrons. The summed E-state index contributed by atoms with van der Waals surface area (Å²) in [5, 5.41) is 0. The Hall–Kier alpha value is -1.23. The topological polar surface area (TPSA) is 52.3 Å². The minimum absolute atomic E-state index is 0.131. The summed E-state index contributed by atoms with van der Waals surface area (Å²) < 4.78 is 18.8. The van der Waals surface area contributed by atoms with Crippen molar-refractivity contribution in [1.82, 2.24) is 0 Å². The van der Waals surface area contributed by atoms with Crippen molar-refractivity contribution in [2.75, 3.05) is 18.1 Å². The number of thioether (sulfide) groups is 1. The Morgan fingerprint density at radius 3 is 2.80 bits per heavy atom. The molecule has 0 unspecified atom stereocenters. The van der Waals surface area contributed by atoms with E-state index in [0.717, 1.165) is 5.75 Å². The van der Waals surface area contributed by atoms with Crippen molar-refractivity contribution in [1.29, 1.82) is 0 Å². The van der Waals surface area contributed by atoms with Gasteiger partial charge < -0.3 is 10.5 Å². The van der Waals surface area contributed by atoms with E-state index in [-0.39, 0.29) is 23.7 Å². The van der Waals surface area contributed by atoms with Crippen molar-refractivity contribution in [3.63, 3.8) is 0 Å². The van der Waals surface area contributed by atoms with Crippen LogP contribution in [0.4, 0.5) is 10.1 Å². The first-order chi connectivity index (χ1) is 9.61. The number of anilines is 1. The Kier molecular flexibility index (Phi) is 5.29. The molecule has 0 aliphatic heterocycles. The second-order valence-electron chi connectivity index (χ2n) is 5.05. The van der Waals surface area contributed by atoms with Crippen molar-refractivity contribution in [3.05, 3.63) is 23.5 Å².